The van der Waals surface area contributed by atoms with Gasteiger partial charge in [0.25, 0.3) is 0 Å². The summed E-state index contributed by atoms with van der Waals surface area (Å²) in [5, 5.41) is 14.3. The Kier molecular flexibility index (Phi) is 7.02. The van der Waals surface area contributed by atoms with E-state index < -0.39 is 5.97 Å². The second kappa shape index (κ2) is 8.52. The zero-order valence-electron chi connectivity index (χ0n) is 12.3. The van der Waals surface area contributed by atoms with E-state index in [0.29, 0.717) is 18.2 Å². The molecule has 0 heterocycles. The lowest BCUT2D eigenvalue weighted by molar-refractivity contribution is 0.0697. The maximum Gasteiger partial charge on any atom is 0.337 e. The number of benzene rings is 1. The minimum Gasteiger partial charge on any atom is -0.478 e. The molecule has 0 unspecified atom stereocenters. The van der Waals surface area contributed by atoms with Crippen LogP contribution in [0, 0.1) is 5.92 Å². The Morgan fingerprint density at radius 2 is 2.00 bits per heavy atom. The van der Waals surface area contributed by atoms with Crippen LogP contribution in [0.2, 0.25) is 5.02 Å². The second-order valence-corrected chi connectivity index (χ2v) is 5.68. The molecule has 2 amide bonds. The number of halogens is 1. The highest BCUT2D eigenvalue weighted by Crippen LogP contribution is 2.20. The zero-order chi connectivity index (χ0) is 15.8. The third-order valence-electron chi connectivity index (χ3n) is 2.95. The topological polar surface area (TPSA) is 78.4 Å². The molecule has 0 spiro atoms. The van der Waals surface area contributed by atoms with Crippen LogP contribution < -0.4 is 10.6 Å². The molecule has 6 heteroatoms. The molecule has 0 atom stereocenters. The number of carboxylic acids is 1. The van der Waals surface area contributed by atoms with Gasteiger partial charge in [-0.3, -0.25) is 0 Å². The molecule has 0 bridgehead atoms. The number of hydrogen-bond donors (Lipinski definition) is 3. The Hall–Kier alpha value is -1.75. The Labute approximate surface area is 129 Å². The van der Waals surface area contributed by atoms with Gasteiger partial charge in [0.15, 0.2) is 0 Å². The van der Waals surface area contributed by atoms with E-state index >= 15 is 0 Å². The summed E-state index contributed by atoms with van der Waals surface area (Å²) in [6.07, 6.45) is 3.16. The first-order valence-electron chi connectivity index (χ1n) is 6.98. The number of unbranched alkanes of at least 4 members (excludes halogenated alkanes) is 1. The van der Waals surface area contributed by atoms with E-state index in [1.165, 1.54) is 18.2 Å². The molecule has 0 aliphatic rings. The highest BCUT2D eigenvalue weighted by Gasteiger charge is 2.10. The lowest BCUT2D eigenvalue weighted by Gasteiger charge is -2.09. The first kappa shape index (κ1) is 17.3. The maximum absolute atomic E-state index is 11.7. The Balaban J connectivity index is 2.38. The van der Waals surface area contributed by atoms with E-state index in [-0.39, 0.29) is 16.6 Å². The van der Waals surface area contributed by atoms with Gasteiger partial charge in [-0.15, -0.1) is 0 Å². The van der Waals surface area contributed by atoms with E-state index in [1.54, 1.807) is 0 Å². The first-order valence-corrected chi connectivity index (χ1v) is 7.35. The minimum atomic E-state index is -1.10. The summed E-state index contributed by atoms with van der Waals surface area (Å²) >= 11 is 5.83. The fourth-order valence-corrected chi connectivity index (χ4v) is 2.08. The average molecular weight is 313 g/mol. The predicted octanol–water partition coefficient (Wildman–Crippen LogP) is 3.99. The molecule has 21 heavy (non-hydrogen) atoms. The molecule has 0 fully saturated rings. The molecular weight excluding hydrogens is 292 g/mol. The Bertz CT molecular complexity index is 504. The van der Waals surface area contributed by atoms with Crippen LogP contribution in [-0.2, 0) is 0 Å². The van der Waals surface area contributed by atoms with Gasteiger partial charge in [-0.1, -0.05) is 38.3 Å². The molecule has 1 aromatic rings. The van der Waals surface area contributed by atoms with Gasteiger partial charge < -0.3 is 15.7 Å². The summed E-state index contributed by atoms with van der Waals surface area (Å²) in [4.78, 5) is 22.5. The van der Waals surface area contributed by atoms with Gasteiger partial charge in [-0.05, 0) is 30.5 Å². The molecular formula is C15H21ClN2O3. The highest BCUT2D eigenvalue weighted by atomic mass is 35.5. The van der Waals surface area contributed by atoms with Crippen LogP contribution in [0.15, 0.2) is 18.2 Å². The van der Waals surface area contributed by atoms with Crippen LogP contribution in [0.4, 0.5) is 10.5 Å². The zero-order valence-corrected chi connectivity index (χ0v) is 13.0. The lowest BCUT2D eigenvalue weighted by Crippen LogP contribution is -2.29. The minimum absolute atomic E-state index is 0.0105. The number of carbonyl (C=O) groups excluding carboxylic acids is 1. The fourth-order valence-electron chi connectivity index (χ4n) is 1.82. The van der Waals surface area contributed by atoms with Crippen LogP contribution in [0.3, 0.4) is 0 Å². The average Bonchev–Trinajstić information content (AvgIpc) is 2.37. The van der Waals surface area contributed by atoms with Crippen LogP contribution in [0.5, 0.6) is 0 Å². The maximum atomic E-state index is 11.7. The molecule has 0 aliphatic heterocycles. The number of amides is 2. The number of carbonyl (C=O) groups is 2. The summed E-state index contributed by atoms with van der Waals surface area (Å²) in [6, 6.07) is 3.97. The second-order valence-electron chi connectivity index (χ2n) is 5.27. The van der Waals surface area contributed by atoms with Gasteiger partial charge in [0.1, 0.15) is 0 Å². The largest absolute Gasteiger partial charge is 0.478 e. The van der Waals surface area contributed by atoms with Crippen molar-refractivity contribution in [2.24, 2.45) is 5.92 Å². The van der Waals surface area contributed by atoms with Gasteiger partial charge in [0.2, 0.25) is 0 Å². The van der Waals surface area contributed by atoms with Crippen molar-refractivity contribution in [3.05, 3.63) is 28.8 Å². The molecule has 116 valence electrons. The lowest BCUT2D eigenvalue weighted by atomic mass is 10.1. The molecule has 0 radical (unpaired) electrons. The summed E-state index contributed by atoms with van der Waals surface area (Å²) in [7, 11) is 0. The Morgan fingerprint density at radius 3 is 2.57 bits per heavy atom. The number of nitrogens with one attached hydrogen (secondary N) is 2. The van der Waals surface area contributed by atoms with Crippen molar-refractivity contribution in [2.45, 2.75) is 33.1 Å². The molecule has 1 rings (SSSR count). The highest BCUT2D eigenvalue weighted by molar-refractivity contribution is 6.33. The van der Waals surface area contributed by atoms with Crippen LogP contribution in [-0.4, -0.2) is 23.7 Å². The fraction of sp³-hybridized carbons (Fsp3) is 0.467. The number of urea groups is 1. The van der Waals surface area contributed by atoms with Gasteiger partial charge in [0.05, 0.1) is 10.6 Å². The number of hydrogen-bond acceptors (Lipinski definition) is 2. The first-order chi connectivity index (χ1) is 9.90. The van der Waals surface area contributed by atoms with Gasteiger partial charge in [-0.25, -0.2) is 9.59 Å². The quantitative estimate of drug-likeness (QED) is 0.666. The van der Waals surface area contributed by atoms with E-state index in [9.17, 15) is 9.59 Å². The van der Waals surface area contributed by atoms with E-state index in [2.05, 4.69) is 24.5 Å². The molecule has 0 saturated heterocycles. The van der Waals surface area contributed by atoms with E-state index in [0.717, 1.165) is 19.3 Å². The van der Waals surface area contributed by atoms with Crippen molar-refractivity contribution < 1.29 is 14.7 Å². The van der Waals surface area contributed by atoms with Crippen molar-refractivity contribution in [1.29, 1.82) is 0 Å². The molecule has 0 saturated carbocycles. The summed E-state index contributed by atoms with van der Waals surface area (Å²) in [5.41, 5.74) is 0.473. The number of aromatic carboxylic acids is 1. The van der Waals surface area contributed by atoms with Crippen molar-refractivity contribution in [1.82, 2.24) is 5.32 Å². The monoisotopic (exact) mass is 312 g/mol. The summed E-state index contributed by atoms with van der Waals surface area (Å²) < 4.78 is 0. The standard InChI is InChI=1S/C15H21ClN2O3/c1-10(2)5-3-4-8-17-15(21)18-11-6-7-12(14(19)20)13(16)9-11/h6-7,9-10H,3-5,8H2,1-2H3,(H,19,20)(H2,17,18,21). The SMILES string of the molecule is CC(C)CCCCNC(=O)Nc1ccc(C(=O)O)c(Cl)c1. The number of anilines is 1. The summed E-state index contributed by atoms with van der Waals surface area (Å²) in [5.74, 6) is -0.421. The molecule has 5 nitrogen and oxygen atoms in total. The van der Waals surface area contributed by atoms with Crippen LogP contribution in [0.25, 0.3) is 0 Å². The van der Waals surface area contributed by atoms with Gasteiger partial charge in [-0.2, -0.15) is 0 Å². The van der Waals surface area contributed by atoms with Crippen LogP contribution >= 0.6 is 11.6 Å². The number of carboxylic acid groups (broad SMARTS) is 1. The van der Waals surface area contributed by atoms with Crippen molar-refractivity contribution in [3.63, 3.8) is 0 Å². The van der Waals surface area contributed by atoms with E-state index in [1.807, 2.05) is 0 Å². The number of rotatable bonds is 7. The smallest absolute Gasteiger partial charge is 0.337 e. The molecule has 0 aromatic heterocycles. The predicted molar refractivity (Wildman–Crippen MR) is 84.1 cm³/mol. The van der Waals surface area contributed by atoms with Crippen molar-refractivity contribution in [3.8, 4) is 0 Å². The summed E-state index contributed by atoms with van der Waals surface area (Å²) in [6.45, 7) is 4.95. The van der Waals surface area contributed by atoms with Gasteiger partial charge >= 0.3 is 12.0 Å². The third-order valence-corrected chi connectivity index (χ3v) is 3.26. The molecule has 3 N–H and O–H groups in total. The van der Waals surface area contributed by atoms with Crippen molar-refractivity contribution >= 4 is 29.3 Å². The normalized spacial score (nSPS) is 10.5. The molecule has 0 aliphatic carbocycles. The van der Waals surface area contributed by atoms with Crippen LogP contribution in [0.1, 0.15) is 43.5 Å². The molecule has 1 aromatic carbocycles. The Morgan fingerprint density at radius 1 is 1.29 bits per heavy atom. The van der Waals surface area contributed by atoms with Gasteiger partial charge in [0, 0.05) is 12.2 Å². The third kappa shape index (κ3) is 6.49. The van der Waals surface area contributed by atoms with Crippen molar-refractivity contribution in [2.75, 3.05) is 11.9 Å². The van der Waals surface area contributed by atoms with E-state index in [4.69, 9.17) is 16.7 Å².